The van der Waals surface area contributed by atoms with Gasteiger partial charge in [-0.3, -0.25) is 9.59 Å². The molecule has 2 atom stereocenters. The number of ether oxygens (including phenoxy) is 1. The van der Waals surface area contributed by atoms with Gasteiger partial charge in [-0.1, -0.05) is 6.07 Å². The Hall–Kier alpha value is -1.42. The largest absolute Gasteiger partial charge is 0.481 e. The maximum absolute atomic E-state index is 11.9. The summed E-state index contributed by atoms with van der Waals surface area (Å²) in [4.78, 5) is 23.4. The van der Waals surface area contributed by atoms with Crippen LogP contribution >= 0.6 is 11.3 Å². The van der Waals surface area contributed by atoms with Crippen molar-refractivity contribution in [3.8, 4) is 0 Å². The Morgan fingerprint density at radius 2 is 2.29 bits per heavy atom. The Labute approximate surface area is 126 Å². The average Bonchev–Trinajstić information content (AvgIpc) is 2.83. The molecule has 2 rings (SSSR count). The van der Waals surface area contributed by atoms with E-state index in [4.69, 9.17) is 14.5 Å². The SMILES string of the molecule is O=C(O)C[C@H]1COC[C@H](NC(=O)Cc2cccs2)B(O)O1. The number of aliphatic carboxylic acids is 1. The molecule has 114 valence electrons. The number of carboxylic acid groups (broad SMARTS) is 1. The van der Waals surface area contributed by atoms with Crippen LogP contribution in [0, 0.1) is 0 Å². The normalized spacial score (nSPS) is 22.6. The van der Waals surface area contributed by atoms with Crippen molar-refractivity contribution in [2.45, 2.75) is 24.9 Å². The Bertz CT molecular complexity index is 482. The van der Waals surface area contributed by atoms with Crippen LogP contribution < -0.4 is 5.32 Å². The molecule has 0 aromatic carbocycles. The second-order valence-corrected chi connectivity index (χ2v) is 5.75. The molecule has 0 saturated carbocycles. The average molecular weight is 313 g/mol. The molecule has 1 fully saturated rings. The smallest absolute Gasteiger partial charge is 0.480 e. The number of nitrogens with one attached hydrogen (secondary N) is 1. The minimum atomic E-state index is -1.29. The summed E-state index contributed by atoms with van der Waals surface area (Å²) in [5.74, 6) is -1.99. The van der Waals surface area contributed by atoms with Gasteiger partial charge in [-0.25, -0.2) is 0 Å². The maximum Gasteiger partial charge on any atom is 0.480 e. The molecule has 1 aromatic heterocycles. The highest BCUT2D eigenvalue weighted by molar-refractivity contribution is 7.10. The molecule has 1 aliphatic rings. The fourth-order valence-corrected chi connectivity index (χ4v) is 2.69. The molecular weight excluding hydrogens is 297 g/mol. The molecule has 3 N–H and O–H groups in total. The number of hydrogen-bond donors (Lipinski definition) is 3. The predicted octanol–water partition coefficient (Wildman–Crippen LogP) is -0.315. The monoisotopic (exact) mass is 313 g/mol. The van der Waals surface area contributed by atoms with Crippen LogP contribution in [-0.2, 0) is 25.4 Å². The topological polar surface area (TPSA) is 105 Å². The molecule has 1 aromatic rings. The summed E-state index contributed by atoms with van der Waals surface area (Å²) in [5.41, 5.74) is 0. The summed E-state index contributed by atoms with van der Waals surface area (Å²) in [7, 11) is -1.29. The van der Waals surface area contributed by atoms with Crippen molar-refractivity contribution in [3.05, 3.63) is 22.4 Å². The van der Waals surface area contributed by atoms with Gasteiger partial charge in [0.25, 0.3) is 0 Å². The Morgan fingerprint density at radius 3 is 2.95 bits per heavy atom. The van der Waals surface area contributed by atoms with Crippen LogP contribution in [0.25, 0.3) is 0 Å². The van der Waals surface area contributed by atoms with Gasteiger partial charge in [0.05, 0.1) is 38.1 Å². The minimum absolute atomic E-state index is 0.0701. The quantitative estimate of drug-likeness (QED) is 0.644. The third kappa shape index (κ3) is 5.12. The first-order valence-corrected chi connectivity index (χ1v) is 7.37. The molecule has 0 spiro atoms. The molecule has 21 heavy (non-hydrogen) atoms. The van der Waals surface area contributed by atoms with Gasteiger partial charge in [0, 0.05) is 4.88 Å². The molecule has 1 aliphatic heterocycles. The Balaban J connectivity index is 1.85. The number of carbonyl (C=O) groups is 2. The third-order valence-electron chi connectivity index (χ3n) is 2.94. The van der Waals surface area contributed by atoms with E-state index in [0.29, 0.717) is 0 Å². The molecule has 1 saturated heterocycles. The molecular formula is C12H16BNO6S. The summed E-state index contributed by atoms with van der Waals surface area (Å²) in [6, 6.07) is 3.71. The van der Waals surface area contributed by atoms with Crippen molar-refractivity contribution in [3.63, 3.8) is 0 Å². The Morgan fingerprint density at radius 1 is 1.48 bits per heavy atom. The lowest BCUT2D eigenvalue weighted by atomic mass is 9.79. The number of carboxylic acids is 1. The number of hydrogen-bond acceptors (Lipinski definition) is 6. The van der Waals surface area contributed by atoms with Crippen LogP contribution in [-0.4, -0.2) is 54.4 Å². The minimum Gasteiger partial charge on any atom is -0.481 e. The predicted molar refractivity (Wildman–Crippen MR) is 75.9 cm³/mol. The number of amides is 1. The first-order chi connectivity index (χ1) is 10.0. The Kier molecular flexibility index (Phi) is 5.74. The van der Waals surface area contributed by atoms with E-state index in [1.165, 1.54) is 11.3 Å². The van der Waals surface area contributed by atoms with Gasteiger partial charge < -0.3 is 24.8 Å². The van der Waals surface area contributed by atoms with E-state index in [2.05, 4.69) is 5.32 Å². The highest BCUT2D eigenvalue weighted by Gasteiger charge is 2.35. The van der Waals surface area contributed by atoms with Crippen molar-refractivity contribution < 1.29 is 29.1 Å². The van der Waals surface area contributed by atoms with E-state index in [0.717, 1.165) is 4.88 Å². The standard InChI is InChI=1S/C12H16BNO6S/c15-11(5-9-2-1-3-21-9)14-10-7-19-6-8(4-12(16)17)20-13(10)18/h1-3,8,10,18H,4-7H2,(H,14,15)(H,16,17)/t8-,10-/m0/s1. The van der Waals surface area contributed by atoms with Gasteiger partial charge in [0.2, 0.25) is 5.91 Å². The van der Waals surface area contributed by atoms with Crippen LogP contribution in [0.3, 0.4) is 0 Å². The highest BCUT2D eigenvalue weighted by atomic mass is 32.1. The van der Waals surface area contributed by atoms with Crippen molar-refractivity contribution in [1.82, 2.24) is 5.32 Å². The zero-order valence-corrected chi connectivity index (χ0v) is 12.0. The molecule has 0 bridgehead atoms. The summed E-state index contributed by atoms with van der Waals surface area (Å²) < 4.78 is 10.5. The molecule has 1 amide bonds. The molecule has 0 radical (unpaired) electrons. The molecule has 7 nitrogen and oxygen atoms in total. The van der Waals surface area contributed by atoms with Crippen LogP contribution in [0.1, 0.15) is 11.3 Å². The van der Waals surface area contributed by atoms with Gasteiger partial charge in [-0.2, -0.15) is 0 Å². The van der Waals surface area contributed by atoms with Gasteiger partial charge in [-0.05, 0) is 11.4 Å². The summed E-state index contributed by atoms with van der Waals surface area (Å²) >= 11 is 1.47. The lowest BCUT2D eigenvalue weighted by molar-refractivity contribution is -0.139. The fourth-order valence-electron chi connectivity index (χ4n) is 1.98. The van der Waals surface area contributed by atoms with Crippen LogP contribution in [0.4, 0.5) is 0 Å². The van der Waals surface area contributed by atoms with Crippen molar-refractivity contribution in [2.75, 3.05) is 13.2 Å². The third-order valence-corrected chi connectivity index (χ3v) is 3.82. The lowest BCUT2D eigenvalue weighted by Gasteiger charge is -2.18. The van der Waals surface area contributed by atoms with E-state index >= 15 is 0 Å². The fraction of sp³-hybridized carbons (Fsp3) is 0.500. The van der Waals surface area contributed by atoms with Gasteiger partial charge in [0.1, 0.15) is 0 Å². The van der Waals surface area contributed by atoms with E-state index in [-0.39, 0.29) is 32.0 Å². The zero-order valence-electron chi connectivity index (χ0n) is 11.2. The first kappa shape index (κ1) is 16.0. The highest BCUT2D eigenvalue weighted by Crippen LogP contribution is 2.11. The van der Waals surface area contributed by atoms with Gasteiger partial charge in [0.15, 0.2) is 0 Å². The maximum atomic E-state index is 11.9. The summed E-state index contributed by atoms with van der Waals surface area (Å²) in [5, 5.41) is 23.1. The summed E-state index contributed by atoms with van der Waals surface area (Å²) in [6.07, 6.45) is -0.761. The van der Waals surface area contributed by atoms with E-state index < -0.39 is 25.1 Å². The van der Waals surface area contributed by atoms with E-state index in [9.17, 15) is 14.6 Å². The van der Waals surface area contributed by atoms with Crippen LogP contribution in [0.5, 0.6) is 0 Å². The molecule has 9 heteroatoms. The van der Waals surface area contributed by atoms with Crippen molar-refractivity contribution >= 4 is 30.3 Å². The second-order valence-electron chi connectivity index (χ2n) is 4.71. The molecule has 2 heterocycles. The van der Waals surface area contributed by atoms with Gasteiger partial charge in [-0.15, -0.1) is 11.3 Å². The lowest BCUT2D eigenvalue weighted by Crippen LogP contribution is -2.50. The van der Waals surface area contributed by atoms with Crippen LogP contribution in [0.15, 0.2) is 17.5 Å². The number of carbonyl (C=O) groups excluding carboxylic acids is 1. The molecule has 0 aliphatic carbocycles. The van der Waals surface area contributed by atoms with Crippen LogP contribution in [0.2, 0.25) is 0 Å². The van der Waals surface area contributed by atoms with Gasteiger partial charge >= 0.3 is 13.1 Å². The van der Waals surface area contributed by atoms with Crippen molar-refractivity contribution in [1.29, 1.82) is 0 Å². The second kappa shape index (κ2) is 7.55. The van der Waals surface area contributed by atoms with E-state index in [1.807, 2.05) is 17.5 Å². The van der Waals surface area contributed by atoms with Crippen molar-refractivity contribution in [2.24, 2.45) is 0 Å². The zero-order chi connectivity index (χ0) is 15.2. The molecule has 0 unspecified atom stereocenters. The van der Waals surface area contributed by atoms with E-state index in [1.54, 1.807) is 0 Å². The summed E-state index contributed by atoms with van der Waals surface area (Å²) in [6.45, 7) is 0.147. The number of thiophene rings is 1. The first-order valence-electron chi connectivity index (χ1n) is 6.49. The number of rotatable bonds is 5.